The van der Waals surface area contributed by atoms with E-state index in [2.05, 4.69) is 54.4 Å². The fourth-order valence-corrected chi connectivity index (χ4v) is 6.91. The maximum Gasteiger partial charge on any atom is 0.194 e. The highest BCUT2D eigenvalue weighted by atomic mass is 127. The van der Waals surface area contributed by atoms with E-state index in [0.717, 1.165) is 35.1 Å². The van der Waals surface area contributed by atoms with Crippen molar-refractivity contribution in [2.24, 2.45) is 0 Å². The van der Waals surface area contributed by atoms with Crippen molar-refractivity contribution in [3.63, 3.8) is 0 Å². The van der Waals surface area contributed by atoms with Gasteiger partial charge in [0.25, 0.3) is 0 Å². The van der Waals surface area contributed by atoms with Crippen molar-refractivity contribution in [3.05, 3.63) is 50.6 Å². The number of rotatable bonds is 4. The van der Waals surface area contributed by atoms with Crippen LogP contribution in [0.2, 0.25) is 19.6 Å². The summed E-state index contributed by atoms with van der Waals surface area (Å²) in [5.41, 5.74) is 5.39. The van der Waals surface area contributed by atoms with E-state index in [-0.39, 0.29) is 5.78 Å². The third-order valence-corrected chi connectivity index (χ3v) is 7.66. The van der Waals surface area contributed by atoms with E-state index in [1.807, 2.05) is 18.2 Å². The molecule has 0 atom stereocenters. The van der Waals surface area contributed by atoms with Gasteiger partial charge in [0.15, 0.2) is 5.78 Å². The molecule has 1 nitrogen and oxygen atoms in total. The summed E-state index contributed by atoms with van der Waals surface area (Å²) in [5, 5.41) is 1.34. The number of halogens is 2. The predicted molar refractivity (Wildman–Crippen MR) is 110 cm³/mol. The van der Waals surface area contributed by atoms with Gasteiger partial charge in [0.2, 0.25) is 0 Å². The molecule has 1 aliphatic carbocycles. The van der Waals surface area contributed by atoms with Crippen molar-refractivity contribution in [1.29, 1.82) is 0 Å². The Kier molecular flexibility index (Phi) is 4.73. The smallest absolute Gasteiger partial charge is 0.194 e. The molecular formula is C19H20ClIOSi. The Labute approximate surface area is 157 Å². The van der Waals surface area contributed by atoms with Crippen molar-refractivity contribution in [2.75, 3.05) is 5.88 Å². The normalized spacial score (nSPS) is 13.2. The van der Waals surface area contributed by atoms with E-state index in [1.54, 1.807) is 0 Å². The summed E-state index contributed by atoms with van der Waals surface area (Å²) in [6, 6.07) is 10.2. The molecule has 0 bridgehead atoms. The van der Waals surface area contributed by atoms with Crippen molar-refractivity contribution in [1.82, 2.24) is 0 Å². The molecule has 120 valence electrons. The van der Waals surface area contributed by atoms with Gasteiger partial charge in [-0.25, -0.2) is 0 Å². The Morgan fingerprint density at radius 3 is 2.35 bits per heavy atom. The zero-order valence-electron chi connectivity index (χ0n) is 13.7. The Bertz CT molecular complexity index is 793. The number of fused-ring (bicyclic) bond motifs is 3. The van der Waals surface area contributed by atoms with Crippen molar-refractivity contribution < 1.29 is 4.79 Å². The van der Waals surface area contributed by atoms with Crippen LogP contribution in [-0.4, -0.2) is 19.7 Å². The van der Waals surface area contributed by atoms with Crippen LogP contribution in [0, 0.1) is 3.57 Å². The average Bonchev–Trinajstić information content (AvgIpc) is 2.77. The minimum Gasteiger partial charge on any atom is -0.289 e. The number of hydrogen-bond donors (Lipinski definition) is 0. The van der Waals surface area contributed by atoms with Crippen molar-refractivity contribution in [2.45, 2.75) is 32.5 Å². The molecule has 0 amide bonds. The second-order valence-corrected chi connectivity index (χ2v) is 13.6. The van der Waals surface area contributed by atoms with E-state index in [1.165, 1.54) is 14.3 Å². The molecular weight excluding hydrogens is 435 g/mol. The number of carbonyl (C=O) groups is 1. The number of ketones is 1. The highest BCUT2D eigenvalue weighted by molar-refractivity contribution is 14.1. The van der Waals surface area contributed by atoms with E-state index >= 15 is 0 Å². The molecule has 2 aromatic carbocycles. The van der Waals surface area contributed by atoms with E-state index < -0.39 is 8.07 Å². The SMILES string of the molecule is C[Si](C)(C)c1c(CCCCl)c(I)cc2c1C(=O)c1ccccc1-2. The van der Waals surface area contributed by atoms with Crippen LogP contribution in [0.4, 0.5) is 0 Å². The Morgan fingerprint density at radius 1 is 1.09 bits per heavy atom. The monoisotopic (exact) mass is 454 g/mol. The topological polar surface area (TPSA) is 17.1 Å². The van der Waals surface area contributed by atoms with Gasteiger partial charge in [-0.2, -0.15) is 0 Å². The van der Waals surface area contributed by atoms with Crippen LogP contribution in [0.5, 0.6) is 0 Å². The molecule has 4 heteroatoms. The third-order valence-electron chi connectivity index (χ3n) is 4.38. The van der Waals surface area contributed by atoms with Gasteiger partial charge in [-0.3, -0.25) is 4.79 Å². The van der Waals surface area contributed by atoms with Gasteiger partial charge < -0.3 is 0 Å². The largest absolute Gasteiger partial charge is 0.289 e. The minimum atomic E-state index is -1.67. The molecule has 0 aliphatic heterocycles. The highest BCUT2D eigenvalue weighted by Crippen LogP contribution is 2.38. The van der Waals surface area contributed by atoms with E-state index in [0.29, 0.717) is 5.88 Å². The van der Waals surface area contributed by atoms with Crippen LogP contribution in [0.3, 0.4) is 0 Å². The van der Waals surface area contributed by atoms with Crippen LogP contribution in [0.15, 0.2) is 30.3 Å². The van der Waals surface area contributed by atoms with Gasteiger partial charge in [0, 0.05) is 20.6 Å². The first-order valence-corrected chi connectivity index (χ1v) is 13.0. The molecule has 3 rings (SSSR count). The summed E-state index contributed by atoms with van der Waals surface area (Å²) < 4.78 is 1.27. The summed E-state index contributed by atoms with van der Waals surface area (Å²) in [5.74, 6) is 0.864. The number of hydrogen-bond acceptors (Lipinski definition) is 1. The average molecular weight is 455 g/mol. The quantitative estimate of drug-likeness (QED) is 0.300. The molecule has 0 unspecified atom stereocenters. The Balaban J connectivity index is 2.33. The predicted octanol–water partition coefficient (Wildman–Crippen LogP) is 5.22. The van der Waals surface area contributed by atoms with Gasteiger partial charge in [-0.1, -0.05) is 43.9 Å². The Morgan fingerprint density at radius 2 is 1.74 bits per heavy atom. The molecule has 1 aliphatic rings. The van der Waals surface area contributed by atoms with Crippen molar-refractivity contribution >= 4 is 53.2 Å². The van der Waals surface area contributed by atoms with Crippen LogP contribution in [-0.2, 0) is 6.42 Å². The van der Waals surface area contributed by atoms with Crippen molar-refractivity contribution in [3.8, 4) is 11.1 Å². The van der Waals surface area contributed by atoms with Gasteiger partial charge >= 0.3 is 0 Å². The molecule has 2 aromatic rings. The lowest BCUT2D eigenvalue weighted by atomic mass is 10.0. The molecule has 0 heterocycles. The van der Waals surface area contributed by atoms with E-state index in [9.17, 15) is 4.79 Å². The summed E-state index contributed by atoms with van der Waals surface area (Å²) in [6.07, 6.45) is 1.91. The first-order valence-electron chi connectivity index (χ1n) is 7.92. The van der Waals surface area contributed by atoms with E-state index in [4.69, 9.17) is 11.6 Å². The lowest BCUT2D eigenvalue weighted by molar-refractivity contribution is 0.104. The fourth-order valence-electron chi connectivity index (χ4n) is 3.51. The Hall–Kier alpha value is -0.653. The lowest BCUT2D eigenvalue weighted by Crippen LogP contribution is -2.44. The molecule has 0 fully saturated rings. The van der Waals surface area contributed by atoms with Crippen LogP contribution >= 0.6 is 34.2 Å². The third kappa shape index (κ3) is 2.92. The number of benzene rings is 2. The van der Waals surface area contributed by atoms with Gasteiger partial charge in [-0.15, -0.1) is 11.6 Å². The molecule has 0 saturated heterocycles. The zero-order chi connectivity index (χ0) is 16.8. The molecule has 0 N–H and O–H groups in total. The first kappa shape index (κ1) is 17.2. The lowest BCUT2D eigenvalue weighted by Gasteiger charge is -2.25. The minimum absolute atomic E-state index is 0.205. The molecule has 0 spiro atoms. The van der Waals surface area contributed by atoms with Crippen LogP contribution in [0.25, 0.3) is 11.1 Å². The maximum atomic E-state index is 13.1. The summed E-state index contributed by atoms with van der Waals surface area (Å²) in [4.78, 5) is 13.1. The molecule has 0 saturated carbocycles. The van der Waals surface area contributed by atoms with Gasteiger partial charge in [-0.05, 0) is 63.4 Å². The summed E-state index contributed by atoms with van der Waals surface area (Å²) >= 11 is 8.36. The molecule has 0 aromatic heterocycles. The highest BCUT2D eigenvalue weighted by Gasteiger charge is 2.35. The second kappa shape index (κ2) is 6.34. The number of carbonyl (C=O) groups excluding carboxylic acids is 1. The zero-order valence-corrected chi connectivity index (χ0v) is 17.6. The molecule has 23 heavy (non-hydrogen) atoms. The standard InChI is InChI=1S/C19H20ClIOSi/c1-23(2,3)19-14(9-6-10-20)16(21)11-15-12-7-4-5-8-13(12)18(22)17(15)19/h4-5,7-8,11H,6,9-10H2,1-3H3. The van der Waals surface area contributed by atoms with Gasteiger partial charge in [0.05, 0.1) is 8.07 Å². The van der Waals surface area contributed by atoms with Crippen LogP contribution < -0.4 is 5.19 Å². The fraction of sp³-hybridized carbons (Fsp3) is 0.316. The second-order valence-electron chi connectivity index (χ2n) is 7.05. The van der Waals surface area contributed by atoms with Gasteiger partial charge in [0.1, 0.15) is 0 Å². The number of alkyl halides is 1. The van der Waals surface area contributed by atoms with Crippen LogP contribution in [0.1, 0.15) is 27.9 Å². The molecule has 0 radical (unpaired) electrons. The summed E-state index contributed by atoms with van der Waals surface area (Å²) in [6.45, 7) is 7.00. The maximum absolute atomic E-state index is 13.1. The first-order chi connectivity index (χ1) is 10.9. The summed E-state index contributed by atoms with van der Waals surface area (Å²) in [7, 11) is -1.67.